The number of aromatic nitrogens is 2. The Balaban J connectivity index is 1.68. The molecule has 1 atom stereocenters. The van der Waals surface area contributed by atoms with Crippen LogP contribution in [0.15, 0.2) is 60.9 Å². The molecule has 0 fully saturated rings. The van der Waals surface area contributed by atoms with E-state index in [1.165, 1.54) is 12.1 Å². The van der Waals surface area contributed by atoms with Crippen LogP contribution >= 0.6 is 34.2 Å². The van der Waals surface area contributed by atoms with Gasteiger partial charge in [-0.1, -0.05) is 0 Å². The van der Waals surface area contributed by atoms with Gasteiger partial charge in [0.05, 0.1) is 13.1 Å². The number of amides is 1. The quantitative estimate of drug-likeness (QED) is 0.497. The number of carbonyl (C=O) groups is 1. The Hall–Kier alpha value is -2.13. The number of rotatable bonds is 7. The Labute approximate surface area is 174 Å². The van der Waals surface area contributed by atoms with Crippen LogP contribution in [0.4, 0.5) is 4.39 Å². The van der Waals surface area contributed by atoms with Crippen LogP contribution in [0, 0.1) is 9.39 Å². The predicted molar refractivity (Wildman–Crippen MR) is 110 cm³/mol. The summed E-state index contributed by atoms with van der Waals surface area (Å²) in [6.07, 6.45) is 2.89. The van der Waals surface area contributed by atoms with Crippen molar-refractivity contribution in [2.24, 2.45) is 0 Å². The molecule has 1 aromatic heterocycles. The van der Waals surface area contributed by atoms with E-state index in [0.29, 0.717) is 23.1 Å². The zero-order valence-corrected chi connectivity index (χ0v) is 17.0. The largest absolute Gasteiger partial charge is 0.487 e. The molecule has 1 unspecified atom stereocenters. The topological polar surface area (TPSA) is 56.2 Å². The van der Waals surface area contributed by atoms with Gasteiger partial charge >= 0.3 is 0 Å². The maximum absolute atomic E-state index is 13.1. The number of hydrogen-bond donors (Lipinski definition) is 1. The minimum absolute atomic E-state index is 0.198. The molecule has 0 radical (unpaired) electrons. The number of carbonyl (C=O) groups excluding carboxylic acids is 1. The molecule has 1 heterocycles. The van der Waals surface area contributed by atoms with Crippen molar-refractivity contribution in [3.8, 4) is 5.75 Å². The maximum atomic E-state index is 13.1. The number of halogens is 3. The van der Waals surface area contributed by atoms with Gasteiger partial charge in [-0.15, -0.1) is 0 Å². The second kappa shape index (κ2) is 9.18. The van der Waals surface area contributed by atoms with Crippen molar-refractivity contribution in [2.75, 3.05) is 6.54 Å². The standard InChI is InChI=1S/C19H16ClFIN3O2/c20-19-23-9-10-25(19)12-17(27-16-7-3-14(21)4-8-16)11-24-18(26)13-1-5-15(22)6-2-13/h1-10,17H,11-12H2,(H,24,26). The summed E-state index contributed by atoms with van der Waals surface area (Å²) in [6.45, 7) is 0.625. The number of ether oxygens (including phenoxy) is 1. The first-order valence-electron chi connectivity index (χ1n) is 8.14. The first-order valence-corrected chi connectivity index (χ1v) is 9.59. The Bertz CT molecular complexity index is 900. The number of imidazole rings is 1. The summed E-state index contributed by atoms with van der Waals surface area (Å²) in [5, 5.41) is 3.19. The number of benzene rings is 2. The van der Waals surface area contributed by atoms with E-state index in [-0.39, 0.29) is 18.3 Å². The predicted octanol–water partition coefficient (Wildman–Crippen LogP) is 4.16. The summed E-state index contributed by atoms with van der Waals surface area (Å²) >= 11 is 8.22. The molecule has 3 aromatic rings. The summed E-state index contributed by atoms with van der Waals surface area (Å²) in [5.41, 5.74) is 0.566. The van der Waals surface area contributed by atoms with Crippen molar-refractivity contribution in [2.45, 2.75) is 12.6 Å². The van der Waals surface area contributed by atoms with Crippen LogP contribution < -0.4 is 10.1 Å². The maximum Gasteiger partial charge on any atom is 0.251 e. The third kappa shape index (κ3) is 5.67. The van der Waals surface area contributed by atoms with Crippen molar-refractivity contribution in [3.63, 3.8) is 0 Å². The van der Waals surface area contributed by atoms with Crippen LogP contribution in [0.25, 0.3) is 0 Å². The van der Waals surface area contributed by atoms with Gasteiger partial charge in [-0.05, 0) is 82.7 Å². The van der Waals surface area contributed by atoms with Crippen LogP contribution in [0.5, 0.6) is 5.75 Å². The molecule has 0 aliphatic rings. The van der Waals surface area contributed by atoms with Gasteiger partial charge in [0.15, 0.2) is 0 Å². The molecule has 27 heavy (non-hydrogen) atoms. The Morgan fingerprint density at radius 1 is 1.22 bits per heavy atom. The van der Waals surface area contributed by atoms with Gasteiger partial charge in [-0.3, -0.25) is 4.79 Å². The van der Waals surface area contributed by atoms with Crippen LogP contribution in [-0.4, -0.2) is 28.1 Å². The minimum Gasteiger partial charge on any atom is -0.487 e. The third-order valence-corrected chi connectivity index (χ3v) is 4.81. The summed E-state index contributed by atoms with van der Waals surface area (Å²) in [4.78, 5) is 16.3. The Kier molecular flexibility index (Phi) is 6.68. The molecule has 2 aromatic carbocycles. The molecule has 0 saturated carbocycles. The van der Waals surface area contributed by atoms with Crippen molar-refractivity contribution < 1.29 is 13.9 Å². The molecule has 0 aliphatic carbocycles. The van der Waals surface area contributed by atoms with E-state index in [4.69, 9.17) is 16.3 Å². The summed E-state index contributed by atoms with van der Waals surface area (Å²) in [5.74, 6) is -0.0412. The van der Waals surface area contributed by atoms with Gasteiger partial charge in [0.25, 0.3) is 5.91 Å². The van der Waals surface area contributed by atoms with Crippen LogP contribution in [0.3, 0.4) is 0 Å². The van der Waals surface area contributed by atoms with Crippen LogP contribution in [-0.2, 0) is 6.54 Å². The molecule has 140 valence electrons. The SMILES string of the molecule is O=C(NCC(Cn1ccnc1Cl)Oc1ccc(F)cc1)c1ccc(I)cc1. The fourth-order valence-electron chi connectivity index (χ4n) is 2.43. The van der Waals surface area contributed by atoms with E-state index in [9.17, 15) is 9.18 Å². The summed E-state index contributed by atoms with van der Waals surface area (Å²) < 4.78 is 21.8. The van der Waals surface area contributed by atoms with E-state index in [1.807, 2.05) is 12.1 Å². The molecule has 0 saturated heterocycles. The molecule has 0 aliphatic heterocycles. The average Bonchev–Trinajstić information content (AvgIpc) is 3.06. The highest BCUT2D eigenvalue weighted by Crippen LogP contribution is 2.15. The molecular formula is C19H16ClFIN3O2. The van der Waals surface area contributed by atoms with E-state index in [2.05, 4.69) is 32.9 Å². The van der Waals surface area contributed by atoms with Crippen molar-refractivity contribution in [1.82, 2.24) is 14.9 Å². The highest BCUT2D eigenvalue weighted by atomic mass is 127. The van der Waals surface area contributed by atoms with E-state index in [0.717, 1.165) is 3.57 Å². The van der Waals surface area contributed by atoms with Crippen LogP contribution in [0.1, 0.15) is 10.4 Å². The van der Waals surface area contributed by atoms with Crippen molar-refractivity contribution >= 4 is 40.1 Å². The lowest BCUT2D eigenvalue weighted by Crippen LogP contribution is -2.38. The zero-order chi connectivity index (χ0) is 19.2. The normalized spacial score (nSPS) is 11.8. The number of nitrogens with one attached hydrogen (secondary N) is 1. The van der Waals surface area contributed by atoms with Crippen molar-refractivity contribution in [1.29, 1.82) is 0 Å². The lowest BCUT2D eigenvalue weighted by atomic mass is 10.2. The number of hydrogen-bond acceptors (Lipinski definition) is 3. The average molecular weight is 500 g/mol. The van der Waals surface area contributed by atoms with Gasteiger partial charge in [-0.2, -0.15) is 0 Å². The zero-order valence-electron chi connectivity index (χ0n) is 14.1. The summed E-state index contributed by atoms with van der Waals surface area (Å²) in [7, 11) is 0. The lowest BCUT2D eigenvalue weighted by molar-refractivity contribution is 0.0920. The highest BCUT2D eigenvalue weighted by Gasteiger charge is 2.16. The third-order valence-electron chi connectivity index (χ3n) is 3.78. The fraction of sp³-hybridized carbons (Fsp3) is 0.158. The van der Waals surface area contributed by atoms with Gasteiger partial charge in [0.2, 0.25) is 5.28 Å². The van der Waals surface area contributed by atoms with Gasteiger partial charge in [0, 0.05) is 21.5 Å². The Morgan fingerprint density at radius 2 is 1.93 bits per heavy atom. The second-order valence-corrected chi connectivity index (χ2v) is 7.34. The summed E-state index contributed by atoms with van der Waals surface area (Å²) in [6, 6.07) is 13.0. The van der Waals surface area contributed by atoms with Gasteiger partial charge < -0.3 is 14.6 Å². The monoisotopic (exact) mass is 499 g/mol. The van der Waals surface area contributed by atoms with Gasteiger partial charge in [-0.25, -0.2) is 9.37 Å². The molecule has 8 heteroatoms. The molecule has 3 rings (SSSR count). The molecule has 1 N–H and O–H groups in total. The minimum atomic E-state index is -0.421. The van der Waals surface area contributed by atoms with Gasteiger partial charge in [0.1, 0.15) is 17.7 Å². The molecule has 0 bridgehead atoms. The first kappa shape index (κ1) is 19.6. The van der Waals surface area contributed by atoms with E-state index >= 15 is 0 Å². The molecule has 0 spiro atoms. The first-order chi connectivity index (χ1) is 13.0. The fourth-order valence-corrected chi connectivity index (χ4v) is 2.97. The number of nitrogens with zero attached hydrogens (tertiary/aromatic N) is 2. The van der Waals surface area contributed by atoms with Crippen molar-refractivity contribution in [3.05, 3.63) is 81.2 Å². The highest BCUT2D eigenvalue weighted by molar-refractivity contribution is 14.1. The smallest absolute Gasteiger partial charge is 0.251 e. The molecule has 1 amide bonds. The Morgan fingerprint density at radius 3 is 2.56 bits per heavy atom. The van der Waals surface area contributed by atoms with E-state index in [1.54, 1.807) is 41.2 Å². The lowest BCUT2D eigenvalue weighted by Gasteiger charge is -2.20. The van der Waals surface area contributed by atoms with E-state index < -0.39 is 6.10 Å². The second-order valence-electron chi connectivity index (χ2n) is 5.76. The van der Waals surface area contributed by atoms with Crippen LogP contribution in [0.2, 0.25) is 5.28 Å². The molecule has 5 nitrogen and oxygen atoms in total. The molecular weight excluding hydrogens is 484 g/mol.